The van der Waals surface area contributed by atoms with Crippen LogP contribution < -0.4 is 10.2 Å². The highest BCUT2D eigenvalue weighted by Crippen LogP contribution is 2.38. The first-order chi connectivity index (χ1) is 25.3. The number of amides is 1. The van der Waals surface area contributed by atoms with Gasteiger partial charge in [0.25, 0.3) is 7.82 Å². The van der Waals surface area contributed by atoms with Gasteiger partial charge in [-0.3, -0.25) is 23.7 Å². The van der Waals surface area contributed by atoms with Crippen LogP contribution in [-0.2, 0) is 47.0 Å². The van der Waals surface area contributed by atoms with E-state index < -0.39 is 53.1 Å². The summed E-state index contributed by atoms with van der Waals surface area (Å²) in [7, 11) is -6.41. The number of unbranched alkanes of at least 4 members (excludes halogenated alkanes) is 9. The predicted octanol–water partition coefficient (Wildman–Crippen LogP) is 8.49. The fraction of sp³-hybridized carbons (Fsp3) is 0.897. The molecule has 1 aliphatic rings. The van der Waals surface area contributed by atoms with Crippen LogP contribution in [-0.4, -0.2) is 70.6 Å². The van der Waals surface area contributed by atoms with E-state index in [0.717, 1.165) is 70.6 Å². The van der Waals surface area contributed by atoms with Gasteiger partial charge in [0, 0.05) is 19.4 Å². The lowest BCUT2D eigenvalue weighted by molar-refractivity contribution is -0.228. The second-order valence-electron chi connectivity index (χ2n) is 15.8. The maximum absolute atomic E-state index is 13.2. The minimum atomic E-state index is -4.86. The summed E-state index contributed by atoms with van der Waals surface area (Å²) >= 11 is 0. The number of phosphoric ester groups is 1. The van der Waals surface area contributed by atoms with Crippen molar-refractivity contribution in [3.05, 3.63) is 0 Å². The van der Waals surface area contributed by atoms with Crippen LogP contribution in [0.25, 0.3) is 0 Å². The maximum atomic E-state index is 13.2. The van der Waals surface area contributed by atoms with Crippen molar-refractivity contribution in [3.8, 4) is 0 Å². The number of phosphoric acid groups is 1. The van der Waals surface area contributed by atoms with E-state index in [0.29, 0.717) is 12.7 Å². The average Bonchev–Trinajstić information content (AvgIpc) is 3.10. The van der Waals surface area contributed by atoms with Gasteiger partial charge in [0.15, 0.2) is 6.10 Å². The van der Waals surface area contributed by atoms with E-state index in [1.54, 1.807) is 0 Å². The Morgan fingerprint density at radius 3 is 1.81 bits per heavy atom. The summed E-state index contributed by atoms with van der Waals surface area (Å²) < 4.78 is 38.9. The molecular formula is C39H73NO11PSi-. The molecule has 53 heavy (non-hydrogen) atoms. The molecule has 0 aromatic carbocycles. The fourth-order valence-corrected chi connectivity index (χ4v) is 7.37. The lowest BCUT2D eigenvalue weighted by Gasteiger charge is -2.26. The second kappa shape index (κ2) is 30.4. The highest BCUT2D eigenvalue weighted by atomic mass is 31.2. The zero-order valence-electron chi connectivity index (χ0n) is 33.6. The fourth-order valence-electron chi connectivity index (χ4n) is 6.04. The van der Waals surface area contributed by atoms with E-state index in [2.05, 4.69) is 31.9 Å². The number of ether oxygens (including phenoxy) is 3. The molecule has 1 saturated carbocycles. The third-order valence-electron chi connectivity index (χ3n) is 9.20. The monoisotopic (exact) mass is 790 g/mol. The van der Waals surface area contributed by atoms with E-state index in [1.807, 2.05) is 0 Å². The van der Waals surface area contributed by atoms with E-state index in [1.165, 1.54) is 57.8 Å². The van der Waals surface area contributed by atoms with Crippen LogP contribution in [0, 0.1) is 5.92 Å². The van der Waals surface area contributed by atoms with Crippen molar-refractivity contribution < 1.29 is 51.9 Å². The van der Waals surface area contributed by atoms with E-state index in [4.69, 9.17) is 23.3 Å². The molecule has 12 nitrogen and oxygen atoms in total. The Morgan fingerprint density at radius 2 is 1.25 bits per heavy atom. The van der Waals surface area contributed by atoms with Gasteiger partial charge in [-0.25, -0.2) is 0 Å². The second-order valence-corrected chi connectivity index (χ2v) is 22.6. The topological polar surface area (TPSA) is 167 Å². The van der Waals surface area contributed by atoms with Crippen LogP contribution in [0.15, 0.2) is 0 Å². The Bertz CT molecular complexity index is 1040. The standard InChI is InChI=1S/C39H74NO11PSi/c1-5-6-7-8-9-10-14-17-20-23-26-38(43)51-35(31-47-39(44)34-24-21-18-15-12-11-13-16-19-22-25-34)32-50-52(45,46)49-30-29-40-36(41)27-28-37(42)48-33-53(2,3)4/h34-35H,5-33H2,1-4H3,(H,40,41)(H,45,46)/p-1. The summed E-state index contributed by atoms with van der Waals surface area (Å²) in [5.74, 6) is -2.02. The van der Waals surface area contributed by atoms with Gasteiger partial charge < -0.3 is 33.5 Å². The maximum Gasteiger partial charge on any atom is 0.309 e. The molecule has 1 amide bonds. The largest absolute Gasteiger partial charge is 0.756 e. The molecule has 0 aliphatic heterocycles. The van der Waals surface area contributed by atoms with Gasteiger partial charge >= 0.3 is 17.9 Å². The number of carbonyl (C=O) groups excluding carboxylic acids is 4. The molecular weight excluding hydrogens is 717 g/mol. The molecule has 14 heteroatoms. The molecule has 1 N–H and O–H groups in total. The normalized spacial score (nSPS) is 16.7. The molecule has 0 aromatic heterocycles. The average molecular weight is 791 g/mol. The van der Waals surface area contributed by atoms with Gasteiger partial charge in [-0.05, 0) is 19.3 Å². The number of esters is 3. The molecule has 0 saturated heterocycles. The van der Waals surface area contributed by atoms with Crippen LogP contribution in [0.3, 0.4) is 0 Å². The molecule has 0 heterocycles. The summed E-state index contributed by atoms with van der Waals surface area (Å²) in [5, 5.41) is 2.50. The summed E-state index contributed by atoms with van der Waals surface area (Å²) in [6.07, 6.45) is 22.0. The van der Waals surface area contributed by atoms with Gasteiger partial charge in [-0.1, -0.05) is 142 Å². The molecule has 0 aromatic rings. The number of hydrogen-bond donors (Lipinski definition) is 1. The lowest BCUT2D eigenvalue weighted by atomic mass is 9.93. The van der Waals surface area contributed by atoms with Crippen molar-refractivity contribution in [2.45, 2.75) is 187 Å². The van der Waals surface area contributed by atoms with Gasteiger partial charge in [-0.2, -0.15) is 0 Å². The number of carbonyl (C=O) groups is 4. The lowest BCUT2D eigenvalue weighted by Crippen LogP contribution is -2.32. The van der Waals surface area contributed by atoms with Crippen molar-refractivity contribution in [3.63, 3.8) is 0 Å². The van der Waals surface area contributed by atoms with Crippen LogP contribution in [0.2, 0.25) is 19.6 Å². The van der Waals surface area contributed by atoms with E-state index in [9.17, 15) is 28.6 Å². The minimum absolute atomic E-state index is 0.0784. The number of rotatable bonds is 27. The van der Waals surface area contributed by atoms with Gasteiger partial charge in [-0.15, -0.1) is 0 Å². The van der Waals surface area contributed by atoms with Gasteiger partial charge in [0.2, 0.25) is 5.91 Å². The zero-order chi connectivity index (χ0) is 39.2. The molecule has 1 rings (SSSR count). The summed E-state index contributed by atoms with van der Waals surface area (Å²) in [6, 6.07) is 0. The van der Waals surface area contributed by atoms with Crippen molar-refractivity contribution in [1.82, 2.24) is 5.32 Å². The van der Waals surface area contributed by atoms with Crippen molar-refractivity contribution >= 4 is 39.7 Å². The number of hydrogen-bond acceptors (Lipinski definition) is 11. The molecule has 0 bridgehead atoms. The molecule has 2 atom stereocenters. The molecule has 0 radical (unpaired) electrons. The molecule has 2 unspecified atom stereocenters. The SMILES string of the molecule is CCCCCCCCCCCCC(=O)OC(COC(=O)C1CCCCCCCCCCC1)COP(=O)([O-])OCCNC(=O)CCC(=O)OC[Si](C)(C)C. The quantitative estimate of drug-likeness (QED) is 0.0279. The molecule has 1 fully saturated rings. The van der Waals surface area contributed by atoms with Crippen LogP contribution >= 0.6 is 7.82 Å². The first-order valence-electron chi connectivity index (χ1n) is 20.7. The molecule has 0 spiro atoms. The molecule has 1 aliphatic carbocycles. The summed E-state index contributed by atoms with van der Waals surface area (Å²) in [6.45, 7) is 6.98. The van der Waals surface area contributed by atoms with Gasteiger partial charge in [0.05, 0.1) is 39.9 Å². The zero-order valence-corrected chi connectivity index (χ0v) is 35.5. The van der Waals surface area contributed by atoms with Crippen molar-refractivity contribution in [2.75, 3.05) is 32.6 Å². The smallest absolute Gasteiger partial charge is 0.309 e. The van der Waals surface area contributed by atoms with Crippen LogP contribution in [0.5, 0.6) is 0 Å². The van der Waals surface area contributed by atoms with Crippen LogP contribution in [0.1, 0.15) is 161 Å². The Morgan fingerprint density at radius 1 is 0.698 bits per heavy atom. The summed E-state index contributed by atoms with van der Waals surface area (Å²) in [5.41, 5.74) is 0. The van der Waals surface area contributed by atoms with E-state index in [-0.39, 0.29) is 44.3 Å². The Balaban J connectivity index is 2.59. The molecule has 310 valence electrons. The van der Waals surface area contributed by atoms with E-state index >= 15 is 0 Å². The van der Waals surface area contributed by atoms with Crippen molar-refractivity contribution in [2.24, 2.45) is 5.92 Å². The van der Waals surface area contributed by atoms with Gasteiger partial charge in [0.1, 0.15) is 6.61 Å². The Kier molecular flexibility index (Phi) is 28.3. The predicted molar refractivity (Wildman–Crippen MR) is 208 cm³/mol. The number of nitrogens with one attached hydrogen (secondary N) is 1. The van der Waals surface area contributed by atoms with Crippen molar-refractivity contribution in [1.29, 1.82) is 0 Å². The Hall–Kier alpha value is -1.79. The van der Waals surface area contributed by atoms with Crippen LogP contribution in [0.4, 0.5) is 0 Å². The minimum Gasteiger partial charge on any atom is -0.756 e. The first-order valence-corrected chi connectivity index (χ1v) is 25.9. The third-order valence-corrected chi connectivity index (χ3v) is 11.2. The highest BCUT2D eigenvalue weighted by Gasteiger charge is 2.25. The highest BCUT2D eigenvalue weighted by molar-refractivity contribution is 7.45. The third kappa shape index (κ3) is 30.2. The first kappa shape index (κ1) is 49.2. The Labute approximate surface area is 321 Å². The summed E-state index contributed by atoms with van der Waals surface area (Å²) in [4.78, 5) is 62.4.